The Balaban J connectivity index is 1.26. The standard InChI is InChI=1S/C40H25N3O/c1-4-12-26(13-5-1)37-39-38(42-40(41-37)27-14-6-2-7-15-27)33-25-29(21-23-36(33)44-39)28-20-22-35-32(24-28)31-18-10-11-19-34(31)43(35)30-16-8-3-9-17-30/h1-25H. The summed E-state index contributed by atoms with van der Waals surface area (Å²) in [6.07, 6.45) is 0. The number of rotatable bonds is 4. The molecular formula is C40H25N3O. The molecule has 0 saturated heterocycles. The van der Waals surface area contributed by atoms with Crippen molar-refractivity contribution in [1.29, 1.82) is 0 Å². The lowest BCUT2D eigenvalue weighted by atomic mass is 10.0. The highest BCUT2D eigenvalue weighted by Crippen LogP contribution is 2.39. The van der Waals surface area contributed by atoms with E-state index in [0.717, 1.165) is 50.1 Å². The van der Waals surface area contributed by atoms with Crippen LogP contribution in [0.3, 0.4) is 0 Å². The van der Waals surface area contributed by atoms with Crippen molar-refractivity contribution in [1.82, 2.24) is 14.5 Å². The number of hydrogen-bond acceptors (Lipinski definition) is 3. The smallest absolute Gasteiger partial charge is 0.180 e. The van der Waals surface area contributed by atoms with E-state index in [2.05, 4.69) is 108 Å². The highest BCUT2D eigenvalue weighted by Gasteiger charge is 2.19. The maximum Gasteiger partial charge on any atom is 0.180 e. The summed E-state index contributed by atoms with van der Waals surface area (Å²) in [4.78, 5) is 10.1. The first-order valence-electron chi connectivity index (χ1n) is 14.8. The highest BCUT2D eigenvalue weighted by molar-refractivity contribution is 6.11. The van der Waals surface area contributed by atoms with E-state index in [-0.39, 0.29) is 0 Å². The molecule has 0 aliphatic carbocycles. The van der Waals surface area contributed by atoms with Gasteiger partial charge in [0, 0.05) is 33.0 Å². The predicted octanol–water partition coefficient (Wildman–Crippen LogP) is 10.5. The predicted molar refractivity (Wildman–Crippen MR) is 180 cm³/mol. The van der Waals surface area contributed by atoms with Crippen molar-refractivity contribution >= 4 is 43.9 Å². The summed E-state index contributed by atoms with van der Waals surface area (Å²) in [5.41, 5.74) is 10.9. The topological polar surface area (TPSA) is 43.9 Å². The van der Waals surface area contributed by atoms with Crippen LogP contribution in [0, 0.1) is 0 Å². The minimum absolute atomic E-state index is 0.681. The van der Waals surface area contributed by atoms with E-state index >= 15 is 0 Å². The van der Waals surface area contributed by atoms with Crippen LogP contribution in [-0.4, -0.2) is 14.5 Å². The van der Waals surface area contributed by atoms with Crippen LogP contribution >= 0.6 is 0 Å². The van der Waals surface area contributed by atoms with Crippen LogP contribution < -0.4 is 0 Å². The van der Waals surface area contributed by atoms with Crippen molar-refractivity contribution in [2.75, 3.05) is 0 Å². The van der Waals surface area contributed by atoms with E-state index in [0.29, 0.717) is 11.4 Å². The monoisotopic (exact) mass is 563 g/mol. The van der Waals surface area contributed by atoms with Crippen LogP contribution in [0.5, 0.6) is 0 Å². The largest absolute Gasteiger partial charge is 0.452 e. The highest BCUT2D eigenvalue weighted by atomic mass is 16.3. The Morgan fingerprint density at radius 3 is 1.84 bits per heavy atom. The number of hydrogen-bond donors (Lipinski definition) is 0. The van der Waals surface area contributed by atoms with E-state index < -0.39 is 0 Å². The summed E-state index contributed by atoms with van der Waals surface area (Å²) >= 11 is 0. The molecule has 0 spiro atoms. The van der Waals surface area contributed by atoms with Gasteiger partial charge in [-0.2, -0.15) is 0 Å². The zero-order chi connectivity index (χ0) is 29.0. The summed E-state index contributed by atoms with van der Waals surface area (Å²) < 4.78 is 8.81. The Labute approximate surface area is 253 Å². The van der Waals surface area contributed by atoms with Crippen LogP contribution in [0.15, 0.2) is 156 Å². The van der Waals surface area contributed by atoms with Gasteiger partial charge in [-0.15, -0.1) is 0 Å². The molecular weight excluding hydrogens is 538 g/mol. The van der Waals surface area contributed by atoms with E-state index in [1.165, 1.54) is 21.8 Å². The molecule has 0 radical (unpaired) electrons. The maximum absolute atomic E-state index is 6.47. The van der Waals surface area contributed by atoms with Gasteiger partial charge in [-0.25, -0.2) is 9.97 Å². The Bertz CT molecular complexity index is 2480. The molecule has 0 unspecified atom stereocenters. The molecule has 6 aromatic carbocycles. The lowest BCUT2D eigenvalue weighted by Gasteiger charge is -2.08. The second-order valence-electron chi connectivity index (χ2n) is 11.0. The SMILES string of the molecule is c1ccc(-c2nc(-c3ccccc3)c3oc4ccc(-c5ccc6c(c5)c5ccccc5n6-c5ccccc5)cc4c3n2)cc1. The first-order valence-corrected chi connectivity index (χ1v) is 14.8. The van der Waals surface area contributed by atoms with Crippen molar-refractivity contribution in [2.24, 2.45) is 0 Å². The molecule has 9 aromatic rings. The van der Waals surface area contributed by atoms with Crippen LogP contribution in [0.4, 0.5) is 0 Å². The van der Waals surface area contributed by atoms with Gasteiger partial charge >= 0.3 is 0 Å². The molecule has 3 aromatic heterocycles. The average Bonchev–Trinajstić information content (AvgIpc) is 3.64. The molecule has 0 bridgehead atoms. The fourth-order valence-electron chi connectivity index (χ4n) is 6.34. The number of aromatic nitrogens is 3. The van der Waals surface area contributed by atoms with Gasteiger partial charge in [0.15, 0.2) is 11.4 Å². The molecule has 0 saturated carbocycles. The first kappa shape index (κ1) is 24.6. The molecule has 44 heavy (non-hydrogen) atoms. The van der Waals surface area contributed by atoms with Gasteiger partial charge in [0.05, 0.1) is 11.0 Å². The molecule has 3 heterocycles. The zero-order valence-corrected chi connectivity index (χ0v) is 23.7. The third-order valence-corrected chi connectivity index (χ3v) is 8.41. The Morgan fingerprint density at radius 1 is 0.455 bits per heavy atom. The number of fused-ring (bicyclic) bond motifs is 6. The zero-order valence-electron chi connectivity index (χ0n) is 23.7. The minimum Gasteiger partial charge on any atom is -0.452 e. The van der Waals surface area contributed by atoms with Crippen molar-refractivity contribution in [3.05, 3.63) is 152 Å². The van der Waals surface area contributed by atoms with Crippen molar-refractivity contribution in [3.63, 3.8) is 0 Å². The van der Waals surface area contributed by atoms with E-state index in [9.17, 15) is 0 Å². The third kappa shape index (κ3) is 3.85. The Hall–Kier alpha value is -6.00. The van der Waals surface area contributed by atoms with E-state index in [1.807, 2.05) is 48.5 Å². The number of benzene rings is 6. The third-order valence-electron chi connectivity index (χ3n) is 8.41. The second kappa shape index (κ2) is 9.79. The van der Waals surface area contributed by atoms with Crippen LogP contribution in [0.1, 0.15) is 0 Å². The molecule has 4 nitrogen and oxygen atoms in total. The lowest BCUT2D eigenvalue weighted by molar-refractivity contribution is 0.667. The molecule has 0 aliphatic heterocycles. The molecule has 0 N–H and O–H groups in total. The normalized spacial score (nSPS) is 11.6. The summed E-state index contributed by atoms with van der Waals surface area (Å²) in [6, 6.07) is 52.6. The van der Waals surface area contributed by atoms with Gasteiger partial charge in [0.25, 0.3) is 0 Å². The first-order chi connectivity index (χ1) is 21.8. The second-order valence-corrected chi connectivity index (χ2v) is 11.0. The summed E-state index contributed by atoms with van der Waals surface area (Å²) in [7, 11) is 0. The Morgan fingerprint density at radius 2 is 1.07 bits per heavy atom. The summed E-state index contributed by atoms with van der Waals surface area (Å²) in [6.45, 7) is 0. The summed E-state index contributed by atoms with van der Waals surface area (Å²) in [5, 5.41) is 3.43. The van der Waals surface area contributed by atoms with Gasteiger partial charge < -0.3 is 8.98 Å². The molecule has 4 heteroatoms. The van der Waals surface area contributed by atoms with Gasteiger partial charge in [0.1, 0.15) is 16.8 Å². The van der Waals surface area contributed by atoms with Gasteiger partial charge in [-0.3, -0.25) is 0 Å². The van der Waals surface area contributed by atoms with E-state index in [4.69, 9.17) is 14.4 Å². The molecule has 0 amide bonds. The van der Waals surface area contributed by atoms with Gasteiger partial charge in [-0.1, -0.05) is 109 Å². The fraction of sp³-hybridized carbons (Fsp3) is 0. The van der Waals surface area contributed by atoms with Gasteiger partial charge in [-0.05, 0) is 53.6 Å². The number of furan rings is 1. The number of nitrogens with zero attached hydrogens (tertiary/aromatic N) is 3. The lowest BCUT2D eigenvalue weighted by Crippen LogP contribution is -1.93. The molecule has 0 fully saturated rings. The fourth-order valence-corrected chi connectivity index (χ4v) is 6.34. The van der Waals surface area contributed by atoms with Gasteiger partial charge in [0.2, 0.25) is 0 Å². The number of para-hydroxylation sites is 2. The summed E-state index contributed by atoms with van der Waals surface area (Å²) in [5.74, 6) is 0.681. The molecule has 9 rings (SSSR count). The van der Waals surface area contributed by atoms with Crippen LogP contribution in [0.25, 0.3) is 83.3 Å². The maximum atomic E-state index is 6.47. The van der Waals surface area contributed by atoms with Crippen molar-refractivity contribution < 1.29 is 4.42 Å². The van der Waals surface area contributed by atoms with Crippen LogP contribution in [0.2, 0.25) is 0 Å². The van der Waals surface area contributed by atoms with E-state index in [1.54, 1.807) is 0 Å². The average molecular weight is 564 g/mol. The van der Waals surface area contributed by atoms with Crippen molar-refractivity contribution in [3.8, 4) is 39.5 Å². The van der Waals surface area contributed by atoms with Crippen LogP contribution in [-0.2, 0) is 0 Å². The van der Waals surface area contributed by atoms with Crippen molar-refractivity contribution in [2.45, 2.75) is 0 Å². The molecule has 206 valence electrons. The quantitative estimate of drug-likeness (QED) is 0.214. The molecule has 0 atom stereocenters. The molecule has 0 aliphatic rings. The minimum atomic E-state index is 0.681. The Kier molecular flexibility index (Phi) is 5.47.